The fourth-order valence-electron chi connectivity index (χ4n) is 1.87. The van der Waals surface area contributed by atoms with Crippen LogP contribution in [0.4, 0.5) is 5.69 Å². The summed E-state index contributed by atoms with van der Waals surface area (Å²) in [6.45, 7) is 0. The van der Waals surface area contributed by atoms with Gasteiger partial charge in [-0.3, -0.25) is 10.4 Å². The van der Waals surface area contributed by atoms with Gasteiger partial charge in [-0.1, -0.05) is 0 Å². The number of hydrogen-bond acceptors (Lipinski definition) is 3. The Bertz CT molecular complexity index is 371. The molecule has 15 heavy (non-hydrogen) atoms. The lowest BCUT2D eigenvalue weighted by Gasteiger charge is -2.37. The van der Waals surface area contributed by atoms with Gasteiger partial charge in [0.2, 0.25) is 0 Å². The standard InChI is InChI=1S/C11H16N4/c1-15(8-3-2-4-8)10-7-14-6-5-9(10)11(12)13/h5-8H,2-4H2,1H3,(H3,12,13). The summed E-state index contributed by atoms with van der Waals surface area (Å²) in [5.74, 6) is 0.110. The lowest BCUT2D eigenvalue weighted by Crippen LogP contribution is -2.38. The molecule has 4 heteroatoms. The third kappa shape index (κ3) is 1.79. The summed E-state index contributed by atoms with van der Waals surface area (Å²) in [4.78, 5) is 6.28. The summed E-state index contributed by atoms with van der Waals surface area (Å²) in [5, 5.41) is 7.51. The Morgan fingerprint density at radius 1 is 1.60 bits per heavy atom. The van der Waals surface area contributed by atoms with E-state index in [2.05, 4.69) is 9.88 Å². The normalized spacial score (nSPS) is 15.8. The number of nitrogens with zero attached hydrogens (tertiary/aromatic N) is 2. The summed E-state index contributed by atoms with van der Waals surface area (Å²) in [6.07, 6.45) is 7.21. The molecular formula is C11H16N4. The van der Waals surface area contributed by atoms with Crippen LogP contribution >= 0.6 is 0 Å². The largest absolute Gasteiger partial charge is 0.384 e. The number of pyridine rings is 1. The van der Waals surface area contributed by atoms with Crippen molar-refractivity contribution in [2.75, 3.05) is 11.9 Å². The van der Waals surface area contributed by atoms with E-state index in [1.807, 2.05) is 7.05 Å². The van der Waals surface area contributed by atoms with Crippen molar-refractivity contribution in [3.63, 3.8) is 0 Å². The third-order valence-corrected chi connectivity index (χ3v) is 3.09. The first-order valence-corrected chi connectivity index (χ1v) is 5.21. The zero-order chi connectivity index (χ0) is 10.8. The first-order valence-electron chi connectivity index (χ1n) is 5.21. The molecule has 1 aliphatic rings. The predicted molar refractivity (Wildman–Crippen MR) is 61.3 cm³/mol. The van der Waals surface area contributed by atoms with E-state index >= 15 is 0 Å². The van der Waals surface area contributed by atoms with Crippen molar-refractivity contribution in [2.24, 2.45) is 5.73 Å². The lowest BCUT2D eigenvalue weighted by molar-refractivity contribution is 0.401. The first-order chi connectivity index (χ1) is 7.20. The van der Waals surface area contributed by atoms with Gasteiger partial charge in [-0.15, -0.1) is 0 Å². The van der Waals surface area contributed by atoms with E-state index in [1.165, 1.54) is 19.3 Å². The van der Waals surface area contributed by atoms with E-state index < -0.39 is 0 Å². The number of rotatable bonds is 3. The molecule has 4 nitrogen and oxygen atoms in total. The molecular weight excluding hydrogens is 188 g/mol. The van der Waals surface area contributed by atoms with E-state index in [0.717, 1.165) is 11.3 Å². The summed E-state index contributed by atoms with van der Waals surface area (Å²) >= 11 is 0. The second-order valence-electron chi connectivity index (χ2n) is 4.00. The predicted octanol–water partition coefficient (Wildman–Crippen LogP) is 1.35. The van der Waals surface area contributed by atoms with Gasteiger partial charge in [0.05, 0.1) is 11.9 Å². The number of amidine groups is 1. The second-order valence-corrected chi connectivity index (χ2v) is 4.00. The second kappa shape index (κ2) is 3.88. The molecule has 0 spiro atoms. The number of nitrogens with one attached hydrogen (secondary N) is 1. The highest BCUT2D eigenvalue weighted by Gasteiger charge is 2.24. The van der Waals surface area contributed by atoms with E-state index in [1.54, 1.807) is 18.5 Å². The fraction of sp³-hybridized carbons (Fsp3) is 0.455. The molecule has 0 atom stereocenters. The summed E-state index contributed by atoms with van der Waals surface area (Å²) < 4.78 is 0. The van der Waals surface area contributed by atoms with Crippen molar-refractivity contribution in [3.8, 4) is 0 Å². The Labute approximate surface area is 89.6 Å². The fourth-order valence-corrected chi connectivity index (χ4v) is 1.87. The number of nitrogens with two attached hydrogens (primary N) is 1. The minimum atomic E-state index is 0.110. The van der Waals surface area contributed by atoms with Crippen LogP contribution in [-0.2, 0) is 0 Å². The van der Waals surface area contributed by atoms with Gasteiger partial charge in [-0.2, -0.15) is 0 Å². The zero-order valence-corrected chi connectivity index (χ0v) is 8.90. The molecule has 1 aromatic rings. The molecule has 1 heterocycles. The quantitative estimate of drug-likeness (QED) is 0.577. The number of anilines is 1. The average molecular weight is 204 g/mol. The zero-order valence-electron chi connectivity index (χ0n) is 8.90. The van der Waals surface area contributed by atoms with Crippen LogP contribution in [0.25, 0.3) is 0 Å². The van der Waals surface area contributed by atoms with Crippen molar-refractivity contribution in [3.05, 3.63) is 24.0 Å². The maximum absolute atomic E-state index is 7.51. The Hall–Kier alpha value is -1.58. The first kappa shape index (κ1) is 9.96. The smallest absolute Gasteiger partial charge is 0.125 e. The maximum Gasteiger partial charge on any atom is 0.125 e. The summed E-state index contributed by atoms with van der Waals surface area (Å²) in [5.41, 5.74) is 7.29. The molecule has 80 valence electrons. The molecule has 1 saturated carbocycles. The Morgan fingerprint density at radius 3 is 2.87 bits per heavy atom. The maximum atomic E-state index is 7.51. The molecule has 0 amide bonds. The summed E-state index contributed by atoms with van der Waals surface area (Å²) in [7, 11) is 2.05. The van der Waals surface area contributed by atoms with Crippen LogP contribution in [0.15, 0.2) is 18.5 Å². The minimum Gasteiger partial charge on any atom is -0.384 e. The van der Waals surface area contributed by atoms with Crippen LogP contribution in [0.2, 0.25) is 0 Å². The molecule has 1 aromatic heterocycles. The topological polar surface area (TPSA) is 66.0 Å². The van der Waals surface area contributed by atoms with Crippen LogP contribution in [0.5, 0.6) is 0 Å². The van der Waals surface area contributed by atoms with Gasteiger partial charge in [0, 0.05) is 24.8 Å². The third-order valence-electron chi connectivity index (χ3n) is 3.09. The van der Waals surface area contributed by atoms with Gasteiger partial charge in [-0.25, -0.2) is 0 Å². The van der Waals surface area contributed by atoms with Gasteiger partial charge in [0.15, 0.2) is 0 Å². The van der Waals surface area contributed by atoms with E-state index in [0.29, 0.717) is 6.04 Å². The average Bonchev–Trinajstić information content (AvgIpc) is 2.15. The highest BCUT2D eigenvalue weighted by Crippen LogP contribution is 2.29. The molecule has 1 aliphatic carbocycles. The molecule has 3 N–H and O–H groups in total. The van der Waals surface area contributed by atoms with E-state index in [9.17, 15) is 0 Å². The van der Waals surface area contributed by atoms with Crippen molar-refractivity contribution in [1.29, 1.82) is 5.41 Å². The van der Waals surface area contributed by atoms with Gasteiger partial charge in [0.25, 0.3) is 0 Å². The van der Waals surface area contributed by atoms with Crippen LogP contribution < -0.4 is 10.6 Å². The molecule has 0 unspecified atom stereocenters. The van der Waals surface area contributed by atoms with Crippen LogP contribution in [0, 0.1) is 5.41 Å². The molecule has 0 radical (unpaired) electrons. The van der Waals surface area contributed by atoms with Crippen LogP contribution in [0.1, 0.15) is 24.8 Å². The lowest BCUT2D eigenvalue weighted by atomic mass is 9.91. The molecule has 1 fully saturated rings. The van der Waals surface area contributed by atoms with Crippen molar-refractivity contribution in [1.82, 2.24) is 4.98 Å². The SMILES string of the molecule is CN(c1cnccc1C(=N)N)C1CCC1. The van der Waals surface area contributed by atoms with E-state index in [-0.39, 0.29) is 5.84 Å². The molecule has 2 rings (SSSR count). The number of aromatic nitrogens is 1. The van der Waals surface area contributed by atoms with Gasteiger partial charge >= 0.3 is 0 Å². The van der Waals surface area contributed by atoms with Gasteiger partial charge in [-0.05, 0) is 25.3 Å². The monoisotopic (exact) mass is 204 g/mol. The number of hydrogen-bond donors (Lipinski definition) is 2. The van der Waals surface area contributed by atoms with E-state index in [4.69, 9.17) is 11.1 Å². The summed E-state index contributed by atoms with van der Waals surface area (Å²) in [6, 6.07) is 2.39. The molecule has 0 bridgehead atoms. The van der Waals surface area contributed by atoms with Gasteiger partial charge in [0.1, 0.15) is 5.84 Å². The highest BCUT2D eigenvalue weighted by atomic mass is 15.1. The Balaban J connectivity index is 2.29. The van der Waals surface area contributed by atoms with Crippen LogP contribution in [-0.4, -0.2) is 23.9 Å². The number of nitrogen functional groups attached to an aromatic ring is 1. The molecule has 0 aromatic carbocycles. The minimum absolute atomic E-state index is 0.110. The molecule has 0 aliphatic heterocycles. The Kier molecular flexibility index (Phi) is 2.58. The Morgan fingerprint density at radius 2 is 2.33 bits per heavy atom. The van der Waals surface area contributed by atoms with Crippen molar-refractivity contribution < 1.29 is 0 Å². The highest BCUT2D eigenvalue weighted by molar-refractivity contribution is 6.00. The molecule has 0 saturated heterocycles. The van der Waals surface area contributed by atoms with Crippen molar-refractivity contribution >= 4 is 11.5 Å². The van der Waals surface area contributed by atoms with Crippen molar-refractivity contribution in [2.45, 2.75) is 25.3 Å². The van der Waals surface area contributed by atoms with Gasteiger partial charge < -0.3 is 10.6 Å². The van der Waals surface area contributed by atoms with Crippen LogP contribution in [0.3, 0.4) is 0 Å².